The Morgan fingerprint density at radius 3 is 2.52 bits per heavy atom. The summed E-state index contributed by atoms with van der Waals surface area (Å²) in [5, 5.41) is 5.98. The topological polar surface area (TPSA) is 88.2 Å². The van der Waals surface area contributed by atoms with E-state index in [0.717, 1.165) is 5.56 Å². The Morgan fingerprint density at radius 2 is 1.81 bits per heavy atom. The highest BCUT2D eigenvalue weighted by atomic mass is 35.5. The fourth-order valence-electron chi connectivity index (χ4n) is 2.60. The first-order chi connectivity index (χ1) is 13.0. The molecular formula is C20H22ClN3O3. The number of nitrogens with one attached hydrogen (secondary N) is 2. The summed E-state index contributed by atoms with van der Waals surface area (Å²) in [6, 6.07) is 8.51. The van der Waals surface area contributed by atoms with Gasteiger partial charge in [0, 0.05) is 55.0 Å². The van der Waals surface area contributed by atoms with Crippen LogP contribution in [-0.2, 0) is 16.0 Å². The predicted molar refractivity (Wildman–Crippen MR) is 105 cm³/mol. The maximum absolute atomic E-state index is 12.5. The molecule has 2 rings (SSSR count). The van der Waals surface area contributed by atoms with Crippen molar-refractivity contribution in [2.75, 3.05) is 11.9 Å². The average molecular weight is 388 g/mol. The number of ketones is 1. The number of nitrogens with zero attached hydrogens (tertiary/aromatic N) is 1. The molecule has 2 aromatic rings. The van der Waals surface area contributed by atoms with E-state index in [1.165, 1.54) is 6.92 Å². The van der Waals surface area contributed by atoms with E-state index in [1.807, 2.05) is 0 Å². The number of aromatic nitrogens is 1. The number of anilines is 1. The summed E-state index contributed by atoms with van der Waals surface area (Å²) in [4.78, 5) is 39.4. The van der Waals surface area contributed by atoms with E-state index in [4.69, 9.17) is 11.6 Å². The van der Waals surface area contributed by atoms with Gasteiger partial charge < -0.3 is 10.6 Å². The second kappa shape index (κ2) is 10.4. The third-order valence-corrected chi connectivity index (χ3v) is 4.14. The van der Waals surface area contributed by atoms with Gasteiger partial charge in [0.25, 0.3) is 0 Å². The van der Waals surface area contributed by atoms with Gasteiger partial charge in [-0.25, -0.2) is 0 Å². The lowest BCUT2D eigenvalue weighted by Crippen LogP contribution is -2.21. The molecule has 7 heteroatoms. The number of carbonyl (C=O) groups is 3. The molecule has 0 fully saturated rings. The van der Waals surface area contributed by atoms with Gasteiger partial charge in [0.15, 0.2) is 5.78 Å². The minimum Gasteiger partial charge on any atom is -0.356 e. The normalized spacial score (nSPS) is 10.3. The molecule has 0 saturated carbocycles. The fraction of sp³-hybridized carbons (Fsp3) is 0.300. The van der Waals surface area contributed by atoms with Gasteiger partial charge in [0.05, 0.1) is 0 Å². The van der Waals surface area contributed by atoms with Crippen LogP contribution < -0.4 is 10.6 Å². The van der Waals surface area contributed by atoms with Gasteiger partial charge in [0.1, 0.15) is 0 Å². The van der Waals surface area contributed by atoms with Gasteiger partial charge in [-0.05, 0) is 48.7 Å². The molecule has 0 aliphatic rings. The van der Waals surface area contributed by atoms with Crippen molar-refractivity contribution in [3.63, 3.8) is 0 Å². The van der Waals surface area contributed by atoms with Crippen LogP contribution in [0.4, 0.5) is 5.69 Å². The molecule has 1 aromatic heterocycles. The molecule has 2 amide bonds. The quantitative estimate of drug-likeness (QED) is 0.509. The zero-order valence-corrected chi connectivity index (χ0v) is 15.9. The highest BCUT2D eigenvalue weighted by molar-refractivity contribution is 6.30. The summed E-state index contributed by atoms with van der Waals surface area (Å²) >= 11 is 6.06. The van der Waals surface area contributed by atoms with Crippen LogP contribution in [0.1, 0.15) is 42.1 Å². The zero-order valence-electron chi connectivity index (χ0n) is 15.1. The van der Waals surface area contributed by atoms with E-state index in [9.17, 15) is 14.4 Å². The first-order valence-corrected chi connectivity index (χ1v) is 9.09. The third kappa shape index (κ3) is 7.19. The fourth-order valence-corrected chi connectivity index (χ4v) is 2.79. The van der Waals surface area contributed by atoms with E-state index in [-0.39, 0.29) is 24.0 Å². The number of amides is 2. The van der Waals surface area contributed by atoms with Gasteiger partial charge in [-0.3, -0.25) is 19.4 Å². The largest absolute Gasteiger partial charge is 0.356 e. The van der Waals surface area contributed by atoms with Crippen molar-refractivity contribution in [3.8, 4) is 0 Å². The lowest BCUT2D eigenvalue weighted by Gasteiger charge is -2.10. The van der Waals surface area contributed by atoms with Crippen molar-refractivity contribution < 1.29 is 14.4 Å². The van der Waals surface area contributed by atoms with Crippen LogP contribution >= 0.6 is 11.6 Å². The average Bonchev–Trinajstić information content (AvgIpc) is 2.64. The Kier molecular flexibility index (Phi) is 7.95. The zero-order chi connectivity index (χ0) is 19.6. The van der Waals surface area contributed by atoms with Crippen molar-refractivity contribution in [2.24, 2.45) is 0 Å². The van der Waals surface area contributed by atoms with E-state index < -0.39 is 0 Å². The van der Waals surface area contributed by atoms with Crippen LogP contribution in [0.3, 0.4) is 0 Å². The van der Waals surface area contributed by atoms with Gasteiger partial charge in [-0.15, -0.1) is 0 Å². The Bertz CT molecular complexity index is 809. The summed E-state index contributed by atoms with van der Waals surface area (Å²) in [5.74, 6) is -0.290. The lowest BCUT2D eigenvalue weighted by atomic mass is 9.97. The number of carbonyl (C=O) groups excluding carboxylic acids is 3. The van der Waals surface area contributed by atoms with Crippen LogP contribution in [0.5, 0.6) is 0 Å². The van der Waals surface area contributed by atoms with E-state index >= 15 is 0 Å². The summed E-state index contributed by atoms with van der Waals surface area (Å²) in [6.07, 6.45) is 4.72. The number of Topliss-reactive ketones (excluding diaryl/α,β-unsaturated/α-hetero) is 1. The number of pyridine rings is 1. The van der Waals surface area contributed by atoms with Crippen molar-refractivity contribution in [2.45, 2.75) is 32.6 Å². The molecule has 0 aliphatic heterocycles. The molecular weight excluding hydrogens is 366 g/mol. The highest BCUT2D eigenvalue weighted by Crippen LogP contribution is 2.20. The molecule has 0 spiro atoms. The maximum Gasteiger partial charge on any atom is 0.224 e. The van der Waals surface area contributed by atoms with Crippen LogP contribution in [0, 0.1) is 0 Å². The van der Waals surface area contributed by atoms with E-state index in [1.54, 1.807) is 42.7 Å². The molecule has 0 atom stereocenters. The predicted octanol–water partition coefficient (Wildman–Crippen LogP) is 3.41. The van der Waals surface area contributed by atoms with Crippen LogP contribution in [0.15, 0.2) is 42.7 Å². The van der Waals surface area contributed by atoms with Crippen LogP contribution in [-0.4, -0.2) is 29.1 Å². The van der Waals surface area contributed by atoms with Crippen LogP contribution in [0.25, 0.3) is 0 Å². The van der Waals surface area contributed by atoms with E-state index in [2.05, 4.69) is 15.6 Å². The van der Waals surface area contributed by atoms with Gasteiger partial charge >= 0.3 is 0 Å². The standard InChI is InChI=1S/C20H22ClN3O3/c1-14(25)23-10-2-3-19(26)18-6-5-16(21)13-15(18)4-7-20(27)24-17-8-11-22-12-9-17/h5-6,8-9,11-13H,2-4,7,10H2,1H3,(H,23,25)(H,22,24,27). The first-order valence-electron chi connectivity index (χ1n) is 8.71. The summed E-state index contributed by atoms with van der Waals surface area (Å²) in [6.45, 7) is 1.90. The number of hydrogen-bond donors (Lipinski definition) is 2. The Balaban J connectivity index is 1.95. The number of rotatable bonds is 9. The molecule has 0 saturated heterocycles. The number of halogens is 1. The second-order valence-electron chi connectivity index (χ2n) is 6.10. The first kappa shape index (κ1) is 20.6. The third-order valence-electron chi connectivity index (χ3n) is 3.91. The Labute approximate surface area is 163 Å². The molecule has 0 unspecified atom stereocenters. The number of benzene rings is 1. The molecule has 0 bridgehead atoms. The summed E-state index contributed by atoms with van der Waals surface area (Å²) < 4.78 is 0. The molecule has 6 nitrogen and oxygen atoms in total. The van der Waals surface area contributed by atoms with Gasteiger partial charge in [-0.1, -0.05) is 11.6 Å². The second-order valence-corrected chi connectivity index (χ2v) is 6.53. The van der Waals surface area contributed by atoms with Gasteiger partial charge in [0.2, 0.25) is 11.8 Å². The van der Waals surface area contributed by atoms with Gasteiger partial charge in [-0.2, -0.15) is 0 Å². The monoisotopic (exact) mass is 387 g/mol. The maximum atomic E-state index is 12.5. The van der Waals surface area contributed by atoms with Crippen LogP contribution in [0.2, 0.25) is 5.02 Å². The molecule has 27 heavy (non-hydrogen) atoms. The summed E-state index contributed by atoms with van der Waals surface area (Å²) in [5.41, 5.74) is 1.99. The molecule has 2 N–H and O–H groups in total. The number of hydrogen-bond acceptors (Lipinski definition) is 4. The van der Waals surface area contributed by atoms with E-state index in [0.29, 0.717) is 42.1 Å². The minimum absolute atomic E-state index is 0.0263. The minimum atomic E-state index is -0.148. The highest BCUT2D eigenvalue weighted by Gasteiger charge is 2.13. The molecule has 1 heterocycles. The SMILES string of the molecule is CC(=O)NCCCC(=O)c1ccc(Cl)cc1CCC(=O)Nc1ccncc1. The van der Waals surface area contributed by atoms with Crippen molar-refractivity contribution in [3.05, 3.63) is 58.9 Å². The summed E-state index contributed by atoms with van der Waals surface area (Å²) in [7, 11) is 0. The van der Waals surface area contributed by atoms with Crippen molar-refractivity contribution in [1.29, 1.82) is 0 Å². The molecule has 142 valence electrons. The van der Waals surface area contributed by atoms with Crippen molar-refractivity contribution >= 4 is 34.9 Å². The molecule has 0 radical (unpaired) electrons. The smallest absolute Gasteiger partial charge is 0.224 e. The Hall–Kier alpha value is -2.73. The number of aryl methyl sites for hydroxylation is 1. The lowest BCUT2D eigenvalue weighted by molar-refractivity contribution is -0.119. The molecule has 1 aromatic carbocycles. The van der Waals surface area contributed by atoms with Crippen molar-refractivity contribution in [1.82, 2.24) is 10.3 Å². The molecule has 0 aliphatic carbocycles. The Morgan fingerprint density at radius 1 is 1.07 bits per heavy atom.